The van der Waals surface area contributed by atoms with Gasteiger partial charge in [-0.2, -0.15) is 0 Å². The van der Waals surface area contributed by atoms with E-state index in [9.17, 15) is 0 Å². The Hall–Kier alpha value is -0.621. The zero-order valence-corrected chi connectivity index (χ0v) is 22.1. The van der Waals surface area contributed by atoms with E-state index in [0.29, 0.717) is 0 Å². The van der Waals surface area contributed by atoms with Gasteiger partial charge >= 0.3 is 17.1 Å². The van der Waals surface area contributed by atoms with Crippen molar-refractivity contribution >= 4 is 23.2 Å². The minimum absolute atomic E-state index is 0. The summed E-state index contributed by atoms with van der Waals surface area (Å²) in [5.74, 6) is 0. The van der Waals surface area contributed by atoms with Crippen LogP contribution < -0.4 is 0 Å². The molecule has 0 aromatic heterocycles. The summed E-state index contributed by atoms with van der Waals surface area (Å²) in [5.41, 5.74) is 2.72. The van der Waals surface area contributed by atoms with E-state index < -0.39 is 4.46 Å². The zero-order chi connectivity index (χ0) is 22.2. The third kappa shape index (κ3) is 8.52. The van der Waals surface area contributed by atoms with Gasteiger partial charge in [-0.15, -0.1) is 0 Å². The summed E-state index contributed by atoms with van der Waals surface area (Å²) in [6, 6.07) is 21.5. The van der Waals surface area contributed by atoms with Crippen molar-refractivity contribution in [1.29, 1.82) is 0 Å². The third-order valence-electron chi connectivity index (χ3n) is 6.74. The maximum absolute atomic E-state index is 6.99. The van der Waals surface area contributed by atoms with Gasteiger partial charge in [0.05, 0.1) is 0 Å². The Balaban J connectivity index is 0.00000306. The number of alkyl halides is 2. The molecule has 33 heavy (non-hydrogen) atoms. The normalized spacial score (nSPS) is 25.2. The number of rotatable bonds is 4. The fourth-order valence-corrected chi connectivity index (χ4v) is 5.28. The first-order valence-corrected chi connectivity index (χ1v) is 12.7. The van der Waals surface area contributed by atoms with Crippen molar-refractivity contribution in [2.75, 3.05) is 58.9 Å². The predicted molar refractivity (Wildman–Crippen MR) is 135 cm³/mol. The molecule has 0 saturated carbocycles. The van der Waals surface area contributed by atoms with Crippen molar-refractivity contribution in [3.8, 4) is 0 Å². The molecule has 2 aliphatic heterocycles. The Labute approximate surface area is 220 Å². The predicted octanol–water partition coefficient (Wildman–Crippen LogP) is 4.53. The van der Waals surface area contributed by atoms with Crippen LogP contribution in [0.2, 0.25) is 0 Å². The van der Waals surface area contributed by atoms with E-state index in [0.717, 1.165) is 78.4 Å². The van der Waals surface area contributed by atoms with E-state index in [1.54, 1.807) is 0 Å². The van der Waals surface area contributed by atoms with E-state index in [4.69, 9.17) is 23.2 Å². The molecule has 7 heteroatoms. The molecule has 2 heterocycles. The van der Waals surface area contributed by atoms with Crippen LogP contribution in [0.1, 0.15) is 24.0 Å². The van der Waals surface area contributed by atoms with Crippen molar-refractivity contribution in [3.63, 3.8) is 0 Å². The maximum Gasteiger partial charge on any atom is 2.00 e. The minimum Gasteiger partial charge on any atom is -0.301 e. The van der Waals surface area contributed by atoms with Crippen LogP contribution in [0.4, 0.5) is 0 Å². The number of nitrogens with zero attached hydrogens (tertiary/aromatic N) is 4. The summed E-state index contributed by atoms with van der Waals surface area (Å²) in [7, 11) is 0. The van der Waals surface area contributed by atoms with E-state index in [1.807, 2.05) is 0 Å². The standard InChI is InChI=1S/C26H36Cl2N4.Mn/c27-26(28)12-15-31(23-25-10-5-2-6-11-25)17-16-29-13-7-14-30(19-21-32(26)20-18-29)22-24-8-3-1-4-9-24;/h1-6,8-11H,7,12-23H2;/q;+2. The van der Waals surface area contributed by atoms with E-state index in [1.165, 1.54) is 17.5 Å². The van der Waals surface area contributed by atoms with Gasteiger partial charge in [-0.3, -0.25) is 14.7 Å². The molecule has 0 amide bonds. The summed E-state index contributed by atoms with van der Waals surface area (Å²) < 4.78 is -0.838. The van der Waals surface area contributed by atoms with Crippen LogP contribution in [0.5, 0.6) is 0 Å². The summed E-state index contributed by atoms with van der Waals surface area (Å²) in [6.07, 6.45) is 1.94. The van der Waals surface area contributed by atoms with Gasteiger partial charge in [0.25, 0.3) is 0 Å². The Morgan fingerprint density at radius 2 is 1.12 bits per heavy atom. The summed E-state index contributed by atoms with van der Waals surface area (Å²) in [6.45, 7) is 11.0. The summed E-state index contributed by atoms with van der Waals surface area (Å²) in [4.78, 5) is 9.98. The van der Waals surface area contributed by atoms with Gasteiger partial charge in [0.2, 0.25) is 0 Å². The molecular formula is C26H36Cl2MnN4+2. The smallest absolute Gasteiger partial charge is 0.301 e. The largest absolute Gasteiger partial charge is 2.00 e. The molecule has 2 bridgehead atoms. The van der Waals surface area contributed by atoms with E-state index in [2.05, 4.69) is 80.3 Å². The molecule has 2 aromatic carbocycles. The number of hydrogen-bond acceptors (Lipinski definition) is 4. The monoisotopic (exact) mass is 529 g/mol. The second kappa shape index (κ2) is 13.5. The Bertz CT molecular complexity index is 808. The molecule has 0 spiro atoms. The number of halogens is 2. The van der Waals surface area contributed by atoms with E-state index >= 15 is 0 Å². The molecule has 4 nitrogen and oxygen atoms in total. The van der Waals surface area contributed by atoms with Crippen LogP contribution in [0.3, 0.4) is 0 Å². The van der Waals surface area contributed by atoms with Gasteiger partial charge in [0, 0.05) is 65.3 Å². The number of benzene rings is 2. The van der Waals surface area contributed by atoms with Gasteiger partial charge in [-0.05, 0) is 30.6 Å². The first-order chi connectivity index (χ1) is 15.6. The SMILES string of the molecule is ClC1(Cl)CCN(Cc2ccccc2)CCN2CCCN(Cc3ccccc3)CCN1CC2.[Mn+2]. The topological polar surface area (TPSA) is 13.0 Å². The zero-order valence-electron chi connectivity index (χ0n) is 19.4. The van der Waals surface area contributed by atoms with Gasteiger partial charge in [-0.1, -0.05) is 83.9 Å². The Kier molecular flexibility index (Phi) is 11.0. The number of hydrogen-bond donors (Lipinski definition) is 0. The molecule has 0 N–H and O–H groups in total. The van der Waals surface area contributed by atoms with Crippen LogP contribution in [0.25, 0.3) is 0 Å². The Morgan fingerprint density at radius 3 is 1.76 bits per heavy atom. The average Bonchev–Trinajstić information content (AvgIpc) is 2.81. The van der Waals surface area contributed by atoms with Crippen LogP contribution in [-0.2, 0) is 30.2 Å². The minimum atomic E-state index is -0.838. The first kappa shape index (κ1) is 27.0. The molecule has 2 fully saturated rings. The molecule has 179 valence electrons. The van der Waals surface area contributed by atoms with Gasteiger partial charge < -0.3 is 4.90 Å². The quantitative estimate of drug-likeness (QED) is 0.327. The van der Waals surface area contributed by atoms with E-state index in [-0.39, 0.29) is 17.1 Å². The van der Waals surface area contributed by atoms with Gasteiger partial charge in [0.15, 0.2) is 4.46 Å². The summed E-state index contributed by atoms with van der Waals surface area (Å²) in [5, 5.41) is 0. The van der Waals surface area contributed by atoms with Gasteiger partial charge in [-0.25, -0.2) is 0 Å². The fourth-order valence-electron chi connectivity index (χ4n) is 4.77. The second-order valence-electron chi connectivity index (χ2n) is 9.12. The third-order valence-corrected chi connectivity index (χ3v) is 7.60. The number of fused-ring (bicyclic) bond motifs is 3. The van der Waals surface area contributed by atoms with Gasteiger partial charge in [0.1, 0.15) is 0 Å². The molecule has 2 unspecified atom stereocenters. The van der Waals surface area contributed by atoms with Crippen molar-refractivity contribution < 1.29 is 17.1 Å². The molecule has 2 aromatic rings. The molecule has 2 aliphatic rings. The molecule has 0 aliphatic carbocycles. The van der Waals surface area contributed by atoms with Crippen molar-refractivity contribution in [3.05, 3.63) is 71.8 Å². The van der Waals surface area contributed by atoms with Crippen molar-refractivity contribution in [2.24, 2.45) is 0 Å². The fraction of sp³-hybridized carbons (Fsp3) is 0.538. The van der Waals surface area contributed by atoms with Crippen molar-refractivity contribution in [2.45, 2.75) is 30.4 Å². The summed E-state index contributed by atoms with van der Waals surface area (Å²) >= 11 is 14.0. The maximum atomic E-state index is 6.99. The second-order valence-corrected chi connectivity index (χ2v) is 10.6. The van der Waals surface area contributed by atoms with Crippen molar-refractivity contribution in [1.82, 2.24) is 19.6 Å². The molecule has 4 rings (SSSR count). The Morgan fingerprint density at radius 1 is 0.606 bits per heavy atom. The molecule has 2 saturated heterocycles. The van der Waals surface area contributed by atoms with Crippen LogP contribution >= 0.6 is 23.2 Å². The first-order valence-electron chi connectivity index (χ1n) is 12.0. The molecule has 1 radical (unpaired) electrons. The average molecular weight is 530 g/mol. The van der Waals surface area contributed by atoms with Crippen LogP contribution in [0.15, 0.2) is 60.7 Å². The molecular weight excluding hydrogens is 494 g/mol. The molecule has 2 atom stereocenters. The van der Waals surface area contributed by atoms with Crippen LogP contribution in [-0.4, -0.2) is 83.0 Å². The van der Waals surface area contributed by atoms with Crippen LogP contribution in [0, 0.1) is 0 Å².